The highest BCUT2D eigenvalue weighted by molar-refractivity contribution is 5.93. The zero-order chi connectivity index (χ0) is 14.6. The van der Waals surface area contributed by atoms with Crippen LogP contribution in [0.5, 0.6) is 0 Å². The van der Waals surface area contributed by atoms with Gasteiger partial charge >= 0.3 is 0 Å². The molecule has 0 bridgehead atoms. The number of amides is 1. The third-order valence-corrected chi connectivity index (χ3v) is 4.16. The molecule has 1 aromatic rings. The summed E-state index contributed by atoms with van der Waals surface area (Å²) in [5, 5.41) is 3.95. The first-order chi connectivity index (χ1) is 10.0. The standard InChI is InChI=1S/C14H16N4O3/c1-8-5-14(21-17-8)6-18(7-14)13(20)10-4-11(19)16-12(15-10)9-2-3-9/h4,9H,2-3,5-7H2,1H3,(H,15,16,19). The van der Waals surface area contributed by atoms with Gasteiger partial charge in [0.2, 0.25) is 0 Å². The van der Waals surface area contributed by atoms with Crippen LogP contribution in [0, 0.1) is 0 Å². The Kier molecular flexibility index (Phi) is 2.49. The summed E-state index contributed by atoms with van der Waals surface area (Å²) in [4.78, 5) is 38.2. The second kappa shape index (κ2) is 4.16. The van der Waals surface area contributed by atoms with Crippen molar-refractivity contribution >= 4 is 11.6 Å². The molecule has 1 saturated carbocycles. The molecule has 0 aromatic carbocycles. The number of hydrogen-bond acceptors (Lipinski definition) is 5. The molecule has 7 heteroatoms. The number of aromatic nitrogens is 2. The number of hydrogen-bond donors (Lipinski definition) is 1. The normalized spacial score (nSPS) is 22.7. The Balaban J connectivity index is 1.50. The molecular formula is C14H16N4O3. The number of nitrogens with one attached hydrogen (secondary N) is 1. The fourth-order valence-corrected chi connectivity index (χ4v) is 2.97. The molecule has 110 valence electrons. The zero-order valence-electron chi connectivity index (χ0n) is 11.8. The van der Waals surface area contributed by atoms with Crippen molar-refractivity contribution in [3.63, 3.8) is 0 Å². The topological polar surface area (TPSA) is 87.6 Å². The number of H-pyrrole nitrogens is 1. The van der Waals surface area contributed by atoms with Gasteiger partial charge in [-0.2, -0.15) is 0 Å². The highest BCUT2D eigenvalue weighted by Gasteiger charge is 2.51. The van der Waals surface area contributed by atoms with Gasteiger partial charge in [-0.15, -0.1) is 0 Å². The Labute approximate surface area is 121 Å². The van der Waals surface area contributed by atoms with Gasteiger partial charge in [0.1, 0.15) is 11.5 Å². The number of aromatic amines is 1. The lowest BCUT2D eigenvalue weighted by molar-refractivity contribution is -0.110. The monoisotopic (exact) mass is 288 g/mol. The van der Waals surface area contributed by atoms with Gasteiger partial charge < -0.3 is 14.7 Å². The highest BCUT2D eigenvalue weighted by Crippen LogP contribution is 2.38. The van der Waals surface area contributed by atoms with Gasteiger partial charge in [-0.3, -0.25) is 9.59 Å². The van der Waals surface area contributed by atoms with E-state index in [1.807, 2.05) is 6.92 Å². The van der Waals surface area contributed by atoms with Crippen molar-refractivity contribution in [1.82, 2.24) is 14.9 Å². The fourth-order valence-electron chi connectivity index (χ4n) is 2.97. The number of nitrogens with zero attached hydrogens (tertiary/aromatic N) is 3. The van der Waals surface area contributed by atoms with Crippen LogP contribution < -0.4 is 5.56 Å². The van der Waals surface area contributed by atoms with E-state index < -0.39 is 0 Å². The molecule has 1 spiro atoms. The molecule has 2 fully saturated rings. The van der Waals surface area contributed by atoms with E-state index >= 15 is 0 Å². The lowest BCUT2D eigenvalue weighted by atomic mass is 9.89. The Bertz CT molecular complexity index is 698. The van der Waals surface area contributed by atoms with Crippen LogP contribution in [0.3, 0.4) is 0 Å². The maximum atomic E-state index is 12.4. The van der Waals surface area contributed by atoms with E-state index in [1.54, 1.807) is 4.90 Å². The van der Waals surface area contributed by atoms with Crippen LogP contribution >= 0.6 is 0 Å². The Hall–Kier alpha value is -2.18. The van der Waals surface area contributed by atoms with Crippen LogP contribution in [0.15, 0.2) is 16.0 Å². The molecule has 7 nitrogen and oxygen atoms in total. The van der Waals surface area contributed by atoms with E-state index in [2.05, 4.69) is 15.1 Å². The minimum Gasteiger partial charge on any atom is -0.385 e. The Morgan fingerprint density at radius 3 is 2.86 bits per heavy atom. The molecular weight excluding hydrogens is 272 g/mol. The summed E-state index contributed by atoms with van der Waals surface area (Å²) < 4.78 is 0. The van der Waals surface area contributed by atoms with E-state index in [0.29, 0.717) is 24.8 Å². The van der Waals surface area contributed by atoms with Gasteiger partial charge in [0.15, 0.2) is 5.60 Å². The number of carbonyl (C=O) groups excluding carboxylic acids is 1. The smallest absolute Gasteiger partial charge is 0.273 e. The molecule has 3 heterocycles. The summed E-state index contributed by atoms with van der Waals surface area (Å²) in [6, 6.07) is 1.27. The molecule has 1 N–H and O–H groups in total. The third kappa shape index (κ3) is 2.12. The Morgan fingerprint density at radius 1 is 1.48 bits per heavy atom. The SMILES string of the molecule is CC1=NOC2(C1)CN(C(=O)c1cc(=O)[nH]c(C3CC3)n1)C2. The second-order valence-corrected chi connectivity index (χ2v) is 6.23. The molecule has 1 aliphatic carbocycles. The lowest BCUT2D eigenvalue weighted by Crippen LogP contribution is -2.63. The van der Waals surface area contributed by atoms with E-state index in [9.17, 15) is 9.59 Å². The number of likely N-dealkylation sites (tertiary alicyclic amines) is 1. The third-order valence-electron chi connectivity index (χ3n) is 4.16. The van der Waals surface area contributed by atoms with Gasteiger partial charge in [0.25, 0.3) is 11.5 Å². The van der Waals surface area contributed by atoms with Crippen molar-refractivity contribution in [2.75, 3.05) is 13.1 Å². The predicted octanol–water partition coefficient (Wildman–Crippen LogP) is 0.638. The highest BCUT2D eigenvalue weighted by atomic mass is 16.7. The van der Waals surface area contributed by atoms with Crippen molar-refractivity contribution in [2.24, 2.45) is 5.16 Å². The van der Waals surface area contributed by atoms with Crippen molar-refractivity contribution in [1.29, 1.82) is 0 Å². The van der Waals surface area contributed by atoms with E-state index in [0.717, 1.165) is 25.0 Å². The van der Waals surface area contributed by atoms with Crippen LogP contribution in [-0.2, 0) is 4.84 Å². The molecule has 0 radical (unpaired) electrons. The van der Waals surface area contributed by atoms with Crippen LogP contribution in [0.25, 0.3) is 0 Å². The molecule has 1 aromatic heterocycles. The fraction of sp³-hybridized carbons (Fsp3) is 0.571. The maximum Gasteiger partial charge on any atom is 0.273 e. The predicted molar refractivity (Wildman–Crippen MR) is 74.3 cm³/mol. The van der Waals surface area contributed by atoms with Crippen LogP contribution in [0.2, 0.25) is 0 Å². The summed E-state index contributed by atoms with van der Waals surface area (Å²) in [5.41, 5.74) is 0.570. The van der Waals surface area contributed by atoms with Crippen LogP contribution in [0.4, 0.5) is 0 Å². The van der Waals surface area contributed by atoms with Crippen molar-refractivity contribution in [2.45, 2.75) is 37.7 Å². The summed E-state index contributed by atoms with van der Waals surface area (Å²) in [6.07, 6.45) is 2.81. The average molecular weight is 288 g/mol. The molecule has 0 unspecified atom stereocenters. The van der Waals surface area contributed by atoms with Gasteiger partial charge in [-0.1, -0.05) is 5.16 Å². The number of carbonyl (C=O) groups is 1. The first-order valence-corrected chi connectivity index (χ1v) is 7.17. The molecule has 0 atom stereocenters. The quantitative estimate of drug-likeness (QED) is 0.865. The minimum absolute atomic E-state index is 0.207. The lowest BCUT2D eigenvalue weighted by Gasteiger charge is -2.45. The first kappa shape index (κ1) is 12.6. The number of oxime groups is 1. The summed E-state index contributed by atoms with van der Waals surface area (Å²) in [6.45, 7) is 2.92. The summed E-state index contributed by atoms with van der Waals surface area (Å²) in [5.74, 6) is 0.738. The second-order valence-electron chi connectivity index (χ2n) is 6.23. The van der Waals surface area contributed by atoms with Crippen molar-refractivity contribution in [3.8, 4) is 0 Å². The van der Waals surface area contributed by atoms with Gasteiger partial charge in [0.05, 0.1) is 18.8 Å². The molecule has 21 heavy (non-hydrogen) atoms. The first-order valence-electron chi connectivity index (χ1n) is 7.17. The molecule has 1 saturated heterocycles. The van der Waals surface area contributed by atoms with Gasteiger partial charge in [-0.25, -0.2) is 4.98 Å². The van der Waals surface area contributed by atoms with E-state index in [1.165, 1.54) is 6.07 Å². The number of rotatable bonds is 2. The molecule has 3 aliphatic rings. The van der Waals surface area contributed by atoms with E-state index in [4.69, 9.17) is 4.84 Å². The van der Waals surface area contributed by atoms with Crippen LogP contribution in [-0.4, -0.2) is 45.2 Å². The van der Waals surface area contributed by atoms with Crippen molar-refractivity contribution in [3.05, 3.63) is 27.9 Å². The molecule has 2 aliphatic heterocycles. The zero-order valence-corrected chi connectivity index (χ0v) is 11.8. The van der Waals surface area contributed by atoms with Crippen molar-refractivity contribution < 1.29 is 9.63 Å². The van der Waals surface area contributed by atoms with Crippen LogP contribution in [0.1, 0.15) is 48.4 Å². The largest absolute Gasteiger partial charge is 0.385 e. The van der Waals surface area contributed by atoms with Gasteiger partial charge in [0, 0.05) is 18.4 Å². The maximum absolute atomic E-state index is 12.4. The average Bonchev–Trinajstić information content (AvgIpc) is 3.18. The Morgan fingerprint density at radius 2 is 2.24 bits per heavy atom. The van der Waals surface area contributed by atoms with E-state index in [-0.39, 0.29) is 22.8 Å². The van der Waals surface area contributed by atoms with Gasteiger partial charge in [-0.05, 0) is 19.8 Å². The minimum atomic E-state index is -0.347. The summed E-state index contributed by atoms with van der Waals surface area (Å²) in [7, 11) is 0. The molecule has 1 amide bonds. The molecule has 4 rings (SSSR count). The summed E-state index contributed by atoms with van der Waals surface area (Å²) >= 11 is 0.